The fourth-order valence-electron chi connectivity index (χ4n) is 1.28. The van der Waals surface area contributed by atoms with Crippen LogP contribution in [0.3, 0.4) is 0 Å². The molecule has 0 radical (unpaired) electrons. The second-order valence-electron chi connectivity index (χ2n) is 3.16. The molecule has 0 aliphatic heterocycles. The van der Waals surface area contributed by atoms with E-state index in [1.165, 1.54) is 0 Å². The molecule has 1 aliphatic carbocycles. The van der Waals surface area contributed by atoms with Crippen molar-refractivity contribution < 1.29 is 26.7 Å². The van der Waals surface area contributed by atoms with Crippen molar-refractivity contribution in [1.82, 2.24) is 0 Å². The number of rotatable bonds is 3. The highest BCUT2D eigenvalue weighted by molar-refractivity contribution is 6.23. The summed E-state index contributed by atoms with van der Waals surface area (Å²) in [4.78, 5) is 0. The molecule has 0 aromatic rings. The van der Waals surface area contributed by atoms with Crippen molar-refractivity contribution in [3.63, 3.8) is 0 Å². The number of halogens is 5. The molecule has 0 amide bonds. The Morgan fingerprint density at radius 2 is 1.87 bits per heavy atom. The van der Waals surface area contributed by atoms with Crippen LogP contribution < -0.4 is 0 Å². The van der Waals surface area contributed by atoms with E-state index in [0.717, 1.165) is 13.9 Å². The molecule has 0 saturated carbocycles. The predicted octanol–water partition coefficient (Wildman–Crippen LogP) is 1.66. The van der Waals surface area contributed by atoms with Gasteiger partial charge in [0.05, 0.1) is 0 Å². The molecule has 1 atom stereocenters. The van der Waals surface area contributed by atoms with E-state index in [0.29, 0.717) is 0 Å². The highest BCUT2D eigenvalue weighted by Crippen LogP contribution is 2.50. The molecule has 0 heterocycles. The third-order valence-corrected chi connectivity index (χ3v) is 2.13. The van der Waals surface area contributed by atoms with E-state index in [9.17, 15) is 22.0 Å². The van der Waals surface area contributed by atoms with Crippen molar-refractivity contribution in [2.24, 2.45) is 0 Å². The van der Waals surface area contributed by atoms with Crippen LogP contribution in [0.5, 0.6) is 0 Å². The van der Waals surface area contributed by atoms with E-state index in [4.69, 9.17) is 0 Å². The molecule has 7 heteroatoms. The standard InChI is InChI=1S/C8H8BF5O/c1-2-3-15-5-4(9)7(11,12)6(10)8(5,13)14/h2,6H,1,3,9H2. The lowest BCUT2D eigenvalue weighted by Gasteiger charge is -2.18. The Kier molecular flexibility index (Phi) is 2.84. The Morgan fingerprint density at radius 3 is 2.20 bits per heavy atom. The van der Waals surface area contributed by atoms with Gasteiger partial charge in [0, 0.05) is 5.47 Å². The molecule has 0 fully saturated rings. The Morgan fingerprint density at radius 1 is 1.33 bits per heavy atom. The second kappa shape index (κ2) is 3.54. The van der Waals surface area contributed by atoms with Crippen LogP contribution >= 0.6 is 0 Å². The summed E-state index contributed by atoms with van der Waals surface area (Å²) < 4.78 is 68.9. The third-order valence-electron chi connectivity index (χ3n) is 2.13. The van der Waals surface area contributed by atoms with Crippen LogP contribution in [0.2, 0.25) is 0 Å². The predicted molar refractivity (Wildman–Crippen MR) is 46.5 cm³/mol. The Bertz CT molecular complexity index is 312. The first kappa shape index (κ1) is 12.1. The van der Waals surface area contributed by atoms with Crippen LogP contribution in [0.15, 0.2) is 23.9 Å². The van der Waals surface area contributed by atoms with Crippen LogP contribution in [0.1, 0.15) is 0 Å². The van der Waals surface area contributed by atoms with Gasteiger partial charge in [-0.3, -0.25) is 0 Å². The molecule has 0 aromatic heterocycles. The van der Waals surface area contributed by atoms with Crippen LogP contribution in [0, 0.1) is 0 Å². The van der Waals surface area contributed by atoms with Gasteiger partial charge in [-0.1, -0.05) is 12.7 Å². The number of hydrogen-bond acceptors (Lipinski definition) is 1. The molecule has 1 rings (SSSR count). The molecule has 1 nitrogen and oxygen atoms in total. The summed E-state index contributed by atoms with van der Waals surface area (Å²) in [7, 11) is 0.728. The van der Waals surface area contributed by atoms with Crippen molar-refractivity contribution in [1.29, 1.82) is 0 Å². The first-order valence-electron chi connectivity index (χ1n) is 4.11. The molecule has 15 heavy (non-hydrogen) atoms. The van der Waals surface area contributed by atoms with E-state index in [-0.39, 0.29) is 6.61 Å². The topological polar surface area (TPSA) is 9.23 Å². The number of allylic oxidation sites excluding steroid dienone is 2. The van der Waals surface area contributed by atoms with Gasteiger partial charge in [0.1, 0.15) is 14.5 Å². The summed E-state index contributed by atoms with van der Waals surface area (Å²) in [5.41, 5.74) is -1.07. The minimum atomic E-state index is -4.28. The molecule has 0 N–H and O–H groups in total. The smallest absolute Gasteiger partial charge is 0.340 e. The summed E-state index contributed by atoms with van der Waals surface area (Å²) in [5, 5.41) is 0. The fraction of sp³-hybridized carbons (Fsp3) is 0.500. The third kappa shape index (κ3) is 1.64. The zero-order valence-electron chi connectivity index (χ0n) is 7.87. The van der Waals surface area contributed by atoms with Crippen molar-refractivity contribution in [3.05, 3.63) is 23.9 Å². The van der Waals surface area contributed by atoms with Gasteiger partial charge in [-0.05, 0) is 0 Å². The van der Waals surface area contributed by atoms with Gasteiger partial charge >= 0.3 is 11.8 Å². The molecule has 0 spiro atoms. The van der Waals surface area contributed by atoms with Gasteiger partial charge in [-0.15, -0.1) is 0 Å². The molecular formula is C8H8BF5O. The molecule has 1 aliphatic rings. The van der Waals surface area contributed by atoms with E-state index in [1.54, 1.807) is 0 Å². The first-order chi connectivity index (χ1) is 6.76. The number of ether oxygens (including phenoxy) is 1. The quantitative estimate of drug-likeness (QED) is 0.404. The molecule has 0 saturated heterocycles. The average Bonchev–Trinajstić information content (AvgIpc) is 2.25. The van der Waals surface area contributed by atoms with Crippen molar-refractivity contribution >= 4 is 7.85 Å². The molecular weight excluding hydrogens is 218 g/mol. The minimum Gasteiger partial charge on any atom is -0.488 e. The van der Waals surface area contributed by atoms with Crippen LogP contribution in [0.4, 0.5) is 22.0 Å². The maximum Gasteiger partial charge on any atom is 0.340 e. The molecule has 1 unspecified atom stereocenters. The van der Waals surface area contributed by atoms with Crippen LogP contribution in [-0.4, -0.2) is 32.5 Å². The van der Waals surface area contributed by atoms with Crippen molar-refractivity contribution in [2.45, 2.75) is 18.0 Å². The van der Waals surface area contributed by atoms with E-state index in [2.05, 4.69) is 11.3 Å². The maximum atomic E-state index is 13.0. The molecule has 84 valence electrons. The van der Waals surface area contributed by atoms with Gasteiger partial charge in [0.15, 0.2) is 5.76 Å². The van der Waals surface area contributed by atoms with Gasteiger partial charge in [-0.25, -0.2) is 4.39 Å². The lowest BCUT2D eigenvalue weighted by molar-refractivity contribution is -0.133. The van der Waals surface area contributed by atoms with Crippen molar-refractivity contribution in [2.75, 3.05) is 6.61 Å². The fourth-order valence-corrected chi connectivity index (χ4v) is 1.28. The lowest BCUT2D eigenvalue weighted by Crippen LogP contribution is -2.38. The average molecular weight is 226 g/mol. The largest absolute Gasteiger partial charge is 0.488 e. The normalized spacial score (nSPS) is 27.9. The Labute approximate surface area is 84.0 Å². The van der Waals surface area contributed by atoms with Gasteiger partial charge in [0.2, 0.25) is 6.17 Å². The summed E-state index contributed by atoms with van der Waals surface area (Å²) in [5.74, 6) is -9.75. The zero-order chi connectivity index (χ0) is 11.9. The minimum absolute atomic E-state index is 0.370. The lowest BCUT2D eigenvalue weighted by atomic mass is 9.91. The van der Waals surface area contributed by atoms with E-state index >= 15 is 0 Å². The van der Waals surface area contributed by atoms with E-state index < -0.39 is 29.2 Å². The summed E-state index contributed by atoms with van der Waals surface area (Å²) in [6.07, 6.45) is -2.45. The van der Waals surface area contributed by atoms with Gasteiger partial charge < -0.3 is 4.74 Å². The molecule has 0 bridgehead atoms. The first-order valence-corrected chi connectivity index (χ1v) is 4.11. The summed E-state index contributed by atoms with van der Waals surface area (Å²) in [6.45, 7) is 2.81. The second-order valence-corrected chi connectivity index (χ2v) is 3.16. The Balaban J connectivity index is 3.09. The zero-order valence-corrected chi connectivity index (χ0v) is 7.87. The highest BCUT2D eigenvalue weighted by Gasteiger charge is 2.67. The van der Waals surface area contributed by atoms with E-state index in [1.807, 2.05) is 0 Å². The summed E-state index contributed by atoms with van der Waals surface area (Å²) in [6, 6.07) is 0. The Hall–Kier alpha value is -1.01. The SMILES string of the molecule is BC1=C(OCC=C)C(F)(F)C(F)C1(F)F. The monoisotopic (exact) mass is 226 g/mol. The van der Waals surface area contributed by atoms with Crippen LogP contribution in [-0.2, 0) is 4.74 Å². The highest BCUT2D eigenvalue weighted by atomic mass is 19.3. The maximum absolute atomic E-state index is 13.0. The summed E-state index contributed by atoms with van der Waals surface area (Å²) >= 11 is 0. The van der Waals surface area contributed by atoms with Gasteiger partial charge in [-0.2, -0.15) is 17.6 Å². The van der Waals surface area contributed by atoms with Gasteiger partial charge in [0.25, 0.3) is 0 Å². The van der Waals surface area contributed by atoms with Crippen molar-refractivity contribution in [3.8, 4) is 0 Å². The number of hydrogen-bond donors (Lipinski definition) is 0. The van der Waals surface area contributed by atoms with Crippen LogP contribution in [0.25, 0.3) is 0 Å². The number of alkyl halides is 5. The molecule has 0 aromatic carbocycles.